The fraction of sp³-hybridized carbons (Fsp3) is 0.615. The van der Waals surface area contributed by atoms with E-state index < -0.39 is 0 Å². The Kier molecular flexibility index (Phi) is 5.26. The number of aromatic nitrogens is 1. The van der Waals surface area contributed by atoms with E-state index in [1.165, 1.54) is 0 Å². The second-order valence-corrected chi connectivity index (χ2v) is 4.32. The van der Waals surface area contributed by atoms with Gasteiger partial charge in [-0.3, -0.25) is 4.98 Å². The minimum Gasteiger partial charge on any atom is -0.398 e. The molecule has 1 aromatic rings. The second kappa shape index (κ2) is 6.48. The van der Waals surface area contributed by atoms with E-state index in [0.29, 0.717) is 12.0 Å². The summed E-state index contributed by atoms with van der Waals surface area (Å²) in [5.41, 5.74) is 7.97. The fourth-order valence-electron chi connectivity index (χ4n) is 1.83. The molecule has 0 aromatic carbocycles. The van der Waals surface area contributed by atoms with Crippen molar-refractivity contribution >= 4 is 5.69 Å². The molecule has 3 N–H and O–H groups in total. The van der Waals surface area contributed by atoms with Crippen LogP contribution >= 0.6 is 0 Å². The number of nitrogen functional groups attached to an aromatic ring is 1. The van der Waals surface area contributed by atoms with E-state index in [9.17, 15) is 0 Å². The molecule has 2 atom stereocenters. The standard InChI is InChI=1S/C13H23N3/c1-4-7-16-13(10(3)5-2)11-9-15-8-6-12(11)14/h6,8-10,13,16H,4-5,7H2,1-3H3,(H2,14,15). The highest BCUT2D eigenvalue weighted by Crippen LogP contribution is 2.27. The Hall–Kier alpha value is -1.09. The van der Waals surface area contributed by atoms with Gasteiger partial charge in [0.25, 0.3) is 0 Å². The average molecular weight is 221 g/mol. The normalized spacial score (nSPS) is 14.7. The minimum absolute atomic E-state index is 0.318. The Balaban J connectivity index is 2.87. The van der Waals surface area contributed by atoms with Gasteiger partial charge in [0, 0.05) is 29.7 Å². The highest BCUT2D eigenvalue weighted by Gasteiger charge is 2.19. The van der Waals surface area contributed by atoms with E-state index in [4.69, 9.17) is 5.73 Å². The van der Waals surface area contributed by atoms with E-state index in [0.717, 1.165) is 30.6 Å². The number of nitrogens with two attached hydrogens (primary N) is 1. The lowest BCUT2D eigenvalue weighted by molar-refractivity contribution is 0.377. The first-order valence-corrected chi connectivity index (χ1v) is 6.13. The Labute approximate surface area is 98.5 Å². The van der Waals surface area contributed by atoms with Crippen LogP contribution in [0.3, 0.4) is 0 Å². The third-order valence-electron chi connectivity index (χ3n) is 3.05. The number of pyridine rings is 1. The van der Waals surface area contributed by atoms with Crippen molar-refractivity contribution in [3.63, 3.8) is 0 Å². The van der Waals surface area contributed by atoms with Crippen LogP contribution in [0.4, 0.5) is 5.69 Å². The molecule has 0 fully saturated rings. The van der Waals surface area contributed by atoms with Crippen molar-refractivity contribution < 1.29 is 0 Å². The third kappa shape index (κ3) is 3.20. The molecule has 0 aliphatic heterocycles. The zero-order valence-electron chi connectivity index (χ0n) is 10.5. The third-order valence-corrected chi connectivity index (χ3v) is 3.05. The molecule has 1 rings (SSSR count). The van der Waals surface area contributed by atoms with E-state index >= 15 is 0 Å². The van der Waals surface area contributed by atoms with Crippen LogP contribution in [0.2, 0.25) is 0 Å². The fourth-order valence-corrected chi connectivity index (χ4v) is 1.83. The number of rotatable bonds is 6. The average Bonchev–Trinajstić information content (AvgIpc) is 2.31. The molecule has 0 spiro atoms. The van der Waals surface area contributed by atoms with Gasteiger partial charge in [-0.05, 0) is 24.9 Å². The summed E-state index contributed by atoms with van der Waals surface area (Å²) in [6.07, 6.45) is 5.89. The lowest BCUT2D eigenvalue weighted by atomic mass is 9.92. The van der Waals surface area contributed by atoms with Crippen LogP contribution in [0.15, 0.2) is 18.5 Å². The molecule has 1 heterocycles. The van der Waals surface area contributed by atoms with E-state index in [2.05, 4.69) is 31.1 Å². The maximum Gasteiger partial charge on any atom is 0.0393 e. The number of nitrogens with one attached hydrogen (secondary N) is 1. The van der Waals surface area contributed by atoms with Crippen molar-refractivity contribution in [2.45, 2.75) is 39.7 Å². The molecular weight excluding hydrogens is 198 g/mol. The summed E-state index contributed by atoms with van der Waals surface area (Å²) in [6.45, 7) is 7.65. The van der Waals surface area contributed by atoms with Gasteiger partial charge in [0.05, 0.1) is 0 Å². The highest BCUT2D eigenvalue weighted by molar-refractivity contribution is 5.46. The SMILES string of the molecule is CCCNC(c1cnccc1N)C(C)CC. The molecule has 0 saturated heterocycles. The molecule has 3 nitrogen and oxygen atoms in total. The Morgan fingerprint density at radius 2 is 2.19 bits per heavy atom. The quantitative estimate of drug-likeness (QED) is 0.776. The predicted octanol–water partition coefficient (Wildman–Crippen LogP) is 2.75. The molecule has 0 aliphatic rings. The van der Waals surface area contributed by atoms with Gasteiger partial charge >= 0.3 is 0 Å². The van der Waals surface area contributed by atoms with Crippen LogP contribution in [0.5, 0.6) is 0 Å². The van der Waals surface area contributed by atoms with Gasteiger partial charge in [-0.2, -0.15) is 0 Å². The van der Waals surface area contributed by atoms with Crippen LogP contribution in [0.25, 0.3) is 0 Å². The molecule has 0 aliphatic carbocycles. The van der Waals surface area contributed by atoms with E-state index in [1.807, 2.05) is 12.3 Å². The maximum atomic E-state index is 6.01. The number of hydrogen-bond acceptors (Lipinski definition) is 3. The molecule has 0 bridgehead atoms. The summed E-state index contributed by atoms with van der Waals surface area (Å²) in [4.78, 5) is 4.17. The number of anilines is 1. The highest BCUT2D eigenvalue weighted by atomic mass is 14.9. The zero-order valence-corrected chi connectivity index (χ0v) is 10.5. The largest absolute Gasteiger partial charge is 0.398 e. The van der Waals surface area contributed by atoms with Crippen LogP contribution in [0.1, 0.15) is 45.2 Å². The Bertz CT molecular complexity index is 312. The monoisotopic (exact) mass is 221 g/mol. The van der Waals surface area contributed by atoms with Crippen LogP contribution in [-0.4, -0.2) is 11.5 Å². The molecule has 16 heavy (non-hydrogen) atoms. The minimum atomic E-state index is 0.318. The first-order chi connectivity index (χ1) is 7.70. The van der Waals surface area contributed by atoms with Gasteiger partial charge in [0.15, 0.2) is 0 Å². The number of hydrogen-bond donors (Lipinski definition) is 2. The van der Waals surface area contributed by atoms with Gasteiger partial charge in [0.1, 0.15) is 0 Å². The molecule has 2 unspecified atom stereocenters. The molecule has 0 amide bonds. The summed E-state index contributed by atoms with van der Waals surface area (Å²) in [5.74, 6) is 0.568. The Morgan fingerprint density at radius 3 is 2.75 bits per heavy atom. The summed E-state index contributed by atoms with van der Waals surface area (Å²) in [7, 11) is 0. The lowest BCUT2D eigenvalue weighted by Crippen LogP contribution is -2.28. The van der Waals surface area contributed by atoms with Gasteiger partial charge in [-0.15, -0.1) is 0 Å². The summed E-state index contributed by atoms with van der Waals surface area (Å²) in [6, 6.07) is 2.19. The topological polar surface area (TPSA) is 50.9 Å². The molecule has 0 saturated carbocycles. The molecule has 90 valence electrons. The molecular formula is C13H23N3. The van der Waals surface area contributed by atoms with Crippen molar-refractivity contribution in [1.29, 1.82) is 0 Å². The van der Waals surface area contributed by atoms with Gasteiger partial charge in [-0.25, -0.2) is 0 Å². The second-order valence-electron chi connectivity index (χ2n) is 4.32. The summed E-state index contributed by atoms with van der Waals surface area (Å²) >= 11 is 0. The van der Waals surface area contributed by atoms with Crippen molar-refractivity contribution in [3.05, 3.63) is 24.0 Å². The predicted molar refractivity (Wildman–Crippen MR) is 69.1 cm³/mol. The molecule has 1 aromatic heterocycles. The molecule has 3 heteroatoms. The summed E-state index contributed by atoms with van der Waals surface area (Å²) < 4.78 is 0. The molecule has 0 radical (unpaired) electrons. The van der Waals surface area contributed by atoms with Crippen molar-refractivity contribution in [2.75, 3.05) is 12.3 Å². The maximum absolute atomic E-state index is 6.01. The van der Waals surface area contributed by atoms with E-state index in [1.54, 1.807) is 6.20 Å². The summed E-state index contributed by atoms with van der Waals surface area (Å²) in [5, 5.41) is 3.56. The van der Waals surface area contributed by atoms with Crippen LogP contribution < -0.4 is 11.1 Å². The van der Waals surface area contributed by atoms with E-state index in [-0.39, 0.29) is 0 Å². The van der Waals surface area contributed by atoms with Crippen LogP contribution in [-0.2, 0) is 0 Å². The van der Waals surface area contributed by atoms with Gasteiger partial charge < -0.3 is 11.1 Å². The van der Waals surface area contributed by atoms with Crippen molar-refractivity contribution in [2.24, 2.45) is 5.92 Å². The Morgan fingerprint density at radius 1 is 1.44 bits per heavy atom. The van der Waals surface area contributed by atoms with Crippen molar-refractivity contribution in [3.8, 4) is 0 Å². The lowest BCUT2D eigenvalue weighted by Gasteiger charge is -2.25. The first kappa shape index (κ1) is 13.0. The first-order valence-electron chi connectivity index (χ1n) is 6.13. The van der Waals surface area contributed by atoms with Crippen molar-refractivity contribution in [1.82, 2.24) is 10.3 Å². The smallest absolute Gasteiger partial charge is 0.0393 e. The zero-order chi connectivity index (χ0) is 12.0. The van der Waals surface area contributed by atoms with Gasteiger partial charge in [-0.1, -0.05) is 27.2 Å². The number of nitrogens with zero attached hydrogens (tertiary/aromatic N) is 1. The van der Waals surface area contributed by atoms with Gasteiger partial charge in [0.2, 0.25) is 0 Å². The van der Waals surface area contributed by atoms with Crippen LogP contribution in [0, 0.1) is 5.92 Å².